The maximum atomic E-state index is 12.0. The summed E-state index contributed by atoms with van der Waals surface area (Å²) in [5, 5.41) is 27.9. The molecule has 0 bridgehead atoms. The Bertz CT molecular complexity index is 735. The molecule has 24 heavy (non-hydrogen) atoms. The van der Waals surface area contributed by atoms with Crippen LogP contribution in [0.25, 0.3) is 0 Å². The summed E-state index contributed by atoms with van der Waals surface area (Å²) in [6, 6.07) is 13.1. The van der Waals surface area contributed by atoms with E-state index in [1.165, 1.54) is 0 Å². The molecule has 0 spiro atoms. The van der Waals surface area contributed by atoms with Gasteiger partial charge in [0.05, 0.1) is 23.8 Å². The zero-order chi connectivity index (χ0) is 17.4. The van der Waals surface area contributed by atoms with E-state index in [9.17, 15) is 9.59 Å². The Hall–Kier alpha value is -3.68. The van der Waals surface area contributed by atoms with Gasteiger partial charge in [-0.2, -0.15) is 0 Å². The lowest BCUT2D eigenvalue weighted by molar-refractivity contribution is -0.133. The second-order valence-corrected chi connectivity index (χ2v) is 4.57. The summed E-state index contributed by atoms with van der Waals surface area (Å²) in [6.07, 6.45) is 2.28. The molecule has 0 saturated carbocycles. The monoisotopic (exact) mass is 326 g/mol. The number of anilines is 2. The average molecular weight is 326 g/mol. The first-order valence-corrected chi connectivity index (χ1v) is 6.81. The highest BCUT2D eigenvalue weighted by Crippen LogP contribution is 2.15. The van der Waals surface area contributed by atoms with Crippen LogP contribution in [-0.4, -0.2) is 34.7 Å². The van der Waals surface area contributed by atoms with Crippen LogP contribution >= 0.6 is 0 Å². The van der Waals surface area contributed by atoms with Crippen LogP contribution in [-0.2, 0) is 9.59 Å². The Balaban J connectivity index is 2.13. The predicted octanol–water partition coefficient (Wildman–Crippen LogP) is 1.88. The van der Waals surface area contributed by atoms with Crippen LogP contribution in [0.1, 0.15) is 11.1 Å². The third-order valence-corrected chi connectivity index (χ3v) is 3.02. The second-order valence-electron chi connectivity index (χ2n) is 4.57. The number of rotatable bonds is 4. The van der Waals surface area contributed by atoms with Gasteiger partial charge >= 0.3 is 11.8 Å². The van der Waals surface area contributed by atoms with E-state index in [1.807, 2.05) is 0 Å². The fourth-order valence-electron chi connectivity index (χ4n) is 1.93. The van der Waals surface area contributed by atoms with E-state index < -0.39 is 11.8 Å². The van der Waals surface area contributed by atoms with Crippen molar-refractivity contribution in [2.24, 2.45) is 10.3 Å². The minimum atomic E-state index is -0.899. The van der Waals surface area contributed by atoms with Crippen molar-refractivity contribution in [3.63, 3.8) is 0 Å². The number of para-hydroxylation sites is 2. The first kappa shape index (κ1) is 16.7. The van der Waals surface area contributed by atoms with Crippen molar-refractivity contribution in [3.8, 4) is 0 Å². The van der Waals surface area contributed by atoms with E-state index in [0.29, 0.717) is 22.5 Å². The zero-order valence-electron chi connectivity index (χ0n) is 12.4. The first-order chi connectivity index (χ1) is 11.7. The van der Waals surface area contributed by atoms with Crippen LogP contribution in [0.5, 0.6) is 0 Å². The average Bonchev–Trinajstić information content (AvgIpc) is 2.58. The molecule has 0 fully saturated rings. The molecule has 4 N–H and O–H groups in total. The third-order valence-electron chi connectivity index (χ3n) is 3.02. The molecular formula is C16H14N4O4. The lowest BCUT2D eigenvalue weighted by Gasteiger charge is -2.09. The molecule has 0 aliphatic heterocycles. The largest absolute Gasteiger partial charge is 0.411 e. The molecule has 2 aromatic rings. The van der Waals surface area contributed by atoms with E-state index in [2.05, 4.69) is 20.9 Å². The van der Waals surface area contributed by atoms with E-state index in [0.717, 1.165) is 12.4 Å². The SMILES string of the molecule is O=C(Nc1ccccc1/C=N/O)C(=O)Nc1ccccc1/C=N/O. The zero-order valence-corrected chi connectivity index (χ0v) is 12.4. The van der Waals surface area contributed by atoms with Crippen LogP contribution in [0.15, 0.2) is 58.8 Å². The van der Waals surface area contributed by atoms with Gasteiger partial charge in [-0.25, -0.2) is 0 Å². The highest BCUT2D eigenvalue weighted by Gasteiger charge is 2.16. The van der Waals surface area contributed by atoms with Crippen molar-refractivity contribution < 1.29 is 20.0 Å². The first-order valence-electron chi connectivity index (χ1n) is 6.81. The number of hydrogen-bond acceptors (Lipinski definition) is 6. The van der Waals surface area contributed by atoms with Gasteiger partial charge in [-0.15, -0.1) is 0 Å². The number of amides is 2. The summed E-state index contributed by atoms with van der Waals surface area (Å²) in [7, 11) is 0. The molecule has 2 amide bonds. The van der Waals surface area contributed by atoms with E-state index >= 15 is 0 Å². The van der Waals surface area contributed by atoms with Gasteiger partial charge in [-0.05, 0) is 12.1 Å². The molecule has 8 nitrogen and oxygen atoms in total. The Morgan fingerprint density at radius 2 is 1.12 bits per heavy atom. The lowest BCUT2D eigenvalue weighted by atomic mass is 10.2. The Kier molecular flexibility index (Phi) is 5.62. The van der Waals surface area contributed by atoms with Crippen molar-refractivity contribution in [2.75, 3.05) is 10.6 Å². The number of nitrogens with one attached hydrogen (secondary N) is 2. The molecule has 0 aliphatic carbocycles. The van der Waals surface area contributed by atoms with E-state index in [4.69, 9.17) is 10.4 Å². The highest BCUT2D eigenvalue weighted by atomic mass is 16.4. The molecule has 0 saturated heterocycles. The number of hydrogen-bond donors (Lipinski definition) is 4. The molecule has 0 radical (unpaired) electrons. The molecule has 2 rings (SSSR count). The van der Waals surface area contributed by atoms with Gasteiger partial charge in [0.25, 0.3) is 0 Å². The summed E-state index contributed by atoms with van der Waals surface area (Å²) >= 11 is 0. The van der Waals surface area contributed by atoms with Crippen molar-refractivity contribution in [3.05, 3.63) is 59.7 Å². The van der Waals surface area contributed by atoms with Crippen molar-refractivity contribution in [2.45, 2.75) is 0 Å². The highest BCUT2D eigenvalue weighted by molar-refractivity contribution is 6.44. The van der Waals surface area contributed by atoms with Crippen molar-refractivity contribution in [1.82, 2.24) is 0 Å². The fourth-order valence-corrected chi connectivity index (χ4v) is 1.93. The minimum Gasteiger partial charge on any atom is -0.411 e. The van der Waals surface area contributed by atoms with Crippen LogP contribution in [0, 0.1) is 0 Å². The smallest absolute Gasteiger partial charge is 0.314 e. The number of carbonyl (C=O) groups is 2. The van der Waals surface area contributed by atoms with Crippen LogP contribution in [0.4, 0.5) is 11.4 Å². The normalized spacial score (nSPS) is 10.8. The summed E-state index contributed by atoms with van der Waals surface area (Å²) in [5.74, 6) is -1.80. The maximum Gasteiger partial charge on any atom is 0.314 e. The van der Waals surface area contributed by atoms with Crippen LogP contribution in [0.3, 0.4) is 0 Å². The summed E-state index contributed by atoms with van der Waals surface area (Å²) in [6.45, 7) is 0. The lowest BCUT2D eigenvalue weighted by Crippen LogP contribution is -2.29. The fraction of sp³-hybridized carbons (Fsp3) is 0. The topological polar surface area (TPSA) is 123 Å². The van der Waals surface area contributed by atoms with Crippen molar-refractivity contribution in [1.29, 1.82) is 0 Å². The van der Waals surface area contributed by atoms with Gasteiger partial charge in [-0.1, -0.05) is 46.7 Å². The van der Waals surface area contributed by atoms with Crippen LogP contribution < -0.4 is 10.6 Å². The minimum absolute atomic E-state index is 0.320. The number of oxime groups is 2. The number of carbonyl (C=O) groups excluding carboxylic acids is 2. The predicted molar refractivity (Wildman–Crippen MR) is 88.9 cm³/mol. The second kappa shape index (κ2) is 8.08. The van der Waals surface area contributed by atoms with Gasteiger partial charge in [0.1, 0.15) is 0 Å². The summed E-state index contributed by atoms with van der Waals surface area (Å²) < 4.78 is 0. The molecule has 0 heterocycles. The molecule has 0 aliphatic rings. The molecule has 0 atom stereocenters. The van der Waals surface area contributed by atoms with Gasteiger partial charge in [-0.3, -0.25) is 9.59 Å². The maximum absolute atomic E-state index is 12.0. The molecule has 0 aromatic heterocycles. The molecule has 0 unspecified atom stereocenters. The van der Waals surface area contributed by atoms with E-state index in [-0.39, 0.29) is 0 Å². The molecule has 2 aromatic carbocycles. The number of nitrogens with zero attached hydrogens (tertiary/aromatic N) is 2. The van der Waals surface area contributed by atoms with Crippen LogP contribution in [0.2, 0.25) is 0 Å². The van der Waals surface area contributed by atoms with Gasteiger partial charge in [0.2, 0.25) is 0 Å². The van der Waals surface area contributed by atoms with Gasteiger partial charge in [0, 0.05) is 11.1 Å². The quantitative estimate of drug-likeness (QED) is 0.296. The Morgan fingerprint density at radius 3 is 1.50 bits per heavy atom. The summed E-state index contributed by atoms with van der Waals surface area (Å²) in [4.78, 5) is 24.1. The Morgan fingerprint density at radius 1 is 0.750 bits per heavy atom. The van der Waals surface area contributed by atoms with E-state index in [1.54, 1.807) is 48.5 Å². The molecular weight excluding hydrogens is 312 g/mol. The number of benzene rings is 2. The molecule has 8 heteroatoms. The van der Waals surface area contributed by atoms with Gasteiger partial charge < -0.3 is 21.0 Å². The standard InChI is InChI=1S/C16H14N4O4/c21-15(19-13-7-3-1-5-11(13)9-17-23)16(22)20-14-8-4-2-6-12(14)10-18-24/h1-10,23-24H,(H,19,21)(H,20,22)/b17-9+,18-10+. The summed E-state index contributed by atoms with van der Waals surface area (Å²) in [5.41, 5.74) is 1.52. The third kappa shape index (κ3) is 4.17. The molecule has 122 valence electrons. The Labute approximate surface area is 137 Å². The van der Waals surface area contributed by atoms with Crippen molar-refractivity contribution >= 4 is 35.6 Å². The van der Waals surface area contributed by atoms with Gasteiger partial charge in [0.15, 0.2) is 0 Å².